The highest BCUT2D eigenvalue weighted by Crippen LogP contribution is 2.28. The normalized spacial score (nSPS) is 14.8. The smallest absolute Gasteiger partial charge is 0.337 e. The standard InChI is InChI=1S/C19H21ClN6O2/c1-12(13-7-4-5-8-14(13)20)23(2)17-21-11-15-16(22-17)26(18(27)24(15)3)19(28)25-9-6-10-25/h4-5,7-8,11-12H,6,9-10H2,1-3H3. The number of likely N-dealkylation sites (tertiary alicyclic amines) is 1. The summed E-state index contributed by atoms with van der Waals surface area (Å²) in [6.45, 7) is 3.31. The van der Waals surface area contributed by atoms with Crippen LogP contribution in [0.5, 0.6) is 0 Å². The maximum absolute atomic E-state index is 12.7. The number of aryl methyl sites for hydroxylation is 1. The van der Waals surface area contributed by atoms with Crippen molar-refractivity contribution in [2.45, 2.75) is 19.4 Å². The summed E-state index contributed by atoms with van der Waals surface area (Å²) in [4.78, 5) is 37.9. The number of fused-ring (bicyclic) bond motifs is 1. The van der Waals surface area contributed by atoms with Crippen molar-refractivity contribution < 1.29 is 4.79 Å². The Balaban J connectivity index is 1.77. The van der Waals surface area contributed by atoms with E-state index in [0.717, 1.165) is 16.6 Å². The predicted molar refractivity (Wildman–Crippen MR) is 108 cm³/mol. The van der Waals surface area contributed by atoms with Gasteiger partial charge in [0.2, 0.25) is 5.95 Å². The van der Waals surface area contributed by atoms with E-state index in [9.17, 15) is 9.59 Å². The quantitative estimate of drug-likeness (QED) is 0.675. The SMILES string of the molecule is CC(c1ccccc1Cl)N(C)c1ncc2c(n1)n(C(=O)N1CCC1)c(=O)n2C. The molecule has 28 heavy (non-hydrogen) atoms. The third-order valence-corrected chi connectivity index (χ3v) is 5.70. The molecule has 0 N–H and O–H groups in total. The summed E-state index contributed by atoms with van der Waals surface area (Å²) in [6, 6.07) is 7.16. The highest BCUT2D eigenvalue weighted by molar-refractivity contribution is 6.31. The molecule has 1 unspecified atom stereocenters. The summed E-state index contributed by atoms with van der Waals surface area (Å²) in [7, 11) is 3.47. The Morgan fingerprint density at radius 3 is 2.64 bits per heavy atom. The van der Waals surface area contributed by atoms with Gasteiger partial charge in [0.15, 0.2) is 5.65 Å². The lowest BCUT2D eigenvalue weighted by Crippen LogP contribution is -2.47. The zero-order valence-electron chi connectivity index (χ0n) is 16.0. The van der Waals surface area contributed by atoms with Gasteiger partial charge in [-0.1, -0.05) is 29.8 Å². The molecule has 1 atom stereocenters. The van der Waals surface area contributed by atoms with Crippen molar-refractivity contribution >= 4 is 34.7 Å². The van der Waals surface area contributed by atoms with Gasteiger partial charge in [-0.05, 0) is 25.0 Å². The van der Waals surface area contributed by atoms with Gasteiger partial charge in [-0.3, -0.25) is 4.57 Å². The molecule has 2 aromatic heterocycles. The van der Waals surface area contributed by atoms with Crippen LogP contribution in [-0.4, -0.2) is 50.2 Å². The van der Waals surface area contributed by atoms with Crippen molar-refractivity contribution in [3.05, 3.63) is 51.5 Å². The average molecular weight is 401 g/mol. The summed E-state index contributed by atoms with van der Waals surface area (Å²) in [6.07, 6.45) is 2.53. The fraction of sp³-hybridized carbons (Fsp3) is 0.368. The number of nitrogens with zero attached hydrogens (tertiary/aromatic N) is 6. The number of hydrogen-bond donors (Lipinski definition) is 0. The molecular formula is C19H21ClN6O2. The molecule has 3 aromatic rings. The summed E-state index contributed by atoms with van der Waals surface area (Å²) < 4.78 is 2.53. The number of amides is 1. The van der Waals surface area contributed by atoms with E-state index >= 15 is 0 Å². The van der Waals surface area contributed by atoms with Crippen LogP contribution in [0, 0.1) is 0 Å². The van der Waals surface area contributed by atoms with Crippen LogP contribution < -0.4 is 10.6 Å². The lowest BCUT2D eigenvalue weighted by atomic mass is 10.1. The molecule has 0 aliphatic carbocycles. The first-order valence-electron chi connectivity index (χ1n) is 9.11. The maximum atomic E-state index is 12.7. The van der Waals surface area contributed by atoms with E-state index in [1.165, 1.54) is 4.57 Å². The number of halogens is 1. The fourth-order valence-corrected chi connectivity index (χ4v) is 3.58. The minimum absolute atomic E-state index is 0.0962. The largest absolute Gasteiger partial charge is 0.338 e. The van der Waals surface area contributed by atoms with Crippen molar-refractivity contribution in [2.75, 3.05) is 25.0 Å². The molecule has 1 aliphatic rings. The Bertz CT molecular complexity index is 1120. The molecule has 146 valence electrons. The van der Waals surface area contributed by atoms with E-state index in [1.54, 1.807) is 18.1 Å². The van der Waals surface area contributed by atoms with E-state index in [-0.39, 0.29) is 12.1 Å². The van der Waals surface area contributed by atoms with Crippen LogP contribution in [0.3, 0.4) is 0 Å². The maximum Gasteiger partial charge on any atom is 0.338 e. The van der Waals surface area contributed by atoms with Crippen LogP contribution in [0.4, 0.5) is 10.7 Å². The first-order chi connectivity index (χ1) is 13.4. The average Bonchev–Trinajstić information content (AvgIpc) is 2.89. The molecule has 1 amide bonds. The lowest BCUT2D eigenvalue weighted by molar-refractivity contribution is 0.169. The van der Waals surface area contributed by atoms with Crippen LogP contribution in [0.25, 0.3) is 11.2 Å². The fourth-order valence-electron chi connectivity index (χ4n) is 3.29. The summed E-state index contributed by atoms with van der Waals surface area (Å²) in [5, 5.41) is 0.660. The number of carbonyl (C=O) groups is 1. The van der Waals surface area contributed by atoms with Crippen LogP contribution in [-0.2, 0) is 7.05 Å². The van der Waals surface area contributed by atoms with Crippen molar-refractivity contribution in [1.82, 2.24) is 24.0 Å². The van der Waals surface area contributed by atoms with Crippen LogP contribution in [0.15, 0.2) is 35.3 Å². The van der Waals surface area contributed by atoms with Crippen molar-refractivity contribution in [3.63, 3.8) is 0 Å². The summed E-state index contributed by atoms with van der Waals surface area (Å²) in [5.74, 6) is 0.413. The molecule has 8 nitrogen and oxygen atoms in total. The number of imidazole rings is 1. The van der Waals surface area contributed by atoms with Crippen LogP contribution >= 0.6 is 11.6 Å². The Hall–Kier alpha value is -2.87. The molecule has 4 rings (SSSR count). The van der Waals surface area contributed by atoms with Crippen molar-refractivity contribution in [2.24, 2.45) is 7.05 Å². The van der Waals surface area contributed by atoms with Gasteiger partial charge in [0.05, 0.1) is 12.2 Å². The van der Waals surface area contributed by atoms with Gasteiger partial charge < -0.3 is 9.80 Å². The highest BCUT2D eigenvalue weighted by Gasteiger charge is 2.27. The summed E-state index contributed by atoms with van der Waals surface area (Å²) >= 11 is 6.33. The van der Waals surface area contributed by atoms with E-state index in [1.807, 2.05) is 43.1 Å². The minimum Gasteiger partial charge on any atom is -0.337 e. The highest BCUT2D eigenvalue weighted by atomic mass is 35.5. The molecule has 0 bridgehead atoms. The Kier molecular flexibility index (Phi) is 4.58. The first kappa shape index (κ1) is 18.5. The van der Waals surface area contributed by atoms with Gasteiger partial charge in [-0.15, -0.1) is 0 Å². The van der Waals surface area contributed by atoms with Crippen LogP contribution in [0.1, 0.15) is 24.9 Å². The molecule has 3 heterocycles. The van der Waals surface area contributed by atoms with E-state index in [2.05, 4.69) is 9.97 Å². The third kappa shape index (κ3) is 2.84. The van der Waals surface area contributed by atoms with Gasteiger partial charge >= 0.3 is 11.7 Å². The Labute approximate surface area is 167 Å². The van der Waals surface area contributed by atoms with Gasteiger partial charge in [0, 0.05) is 32.2 Å². The minimum atomic E-state index is -0.417. The van der Waals surface area contributed by atoms with Gasteiger partial charge in [-0.2, -0.15) is 9.55 Å². The monoisotopic (exact) mass is 400 g/mol. The molecule has 1 saturated heterocycles. The zero-order chi connectivity index (χ0) is 20.0. The number of benzene rings is 1. The number of anilines is 1. The van der Waals surface area contributed by atoms with E-state index in [4.69, 9.17) is 11.6 Å². The Morgan fingerprint density at radius 1 is 1.29 bits per heavy atom. The number of rotatable bonds is 3. The number of aromatic nitrogens is 4. The van der Waals surface area contributed by atoms with Crippen LogP contribution in [0.2, 0.25) is 5.02 Å². The zero-order valence-corrected chi connectivity index (χ0v) is 16.7. The second kappa shape index (κ2) is 6.94. The first-order valence-corrected chi connectivity index (χ1v) is 9.49. The third-order valence-electron chi connectivity index (χ3n) is 5.36. The van der Waals surface area contributed by atoms with Gasteiger partial charge in [-0.25, -0.2) is 14.6 Å². The molecule has 1 aliphatic heterocycles. The molecule has 1 aromatic carbocycles. The van der Waals surface area contributed by atoms with Crippen molar-refractivity contribution in [3.8, 4) is 0 Å². The molecule has 0 saturated carbocycles. The predicted octanol–water partition coefficient (Wildman–Crippen LogP) is 2.65. The molecule has 9 heteroatoms. The van der Waals surface area contributed by atoms with Gasteiger partial charge in [0.25, 0.3) is 0 Å². The number of hydrogen-bond acceptors (Lipinski definition) is 5. The van der Waals surface area contributed by atoms with Crippen molar-refractivity contribution in [1.29, 1.82) is 0 Å². The Morgan fingerprint density at radius 2 is 2.00 bits per heavy atom. The molecular weight excluding hydrogens is 380 g/mol. The van der Waals surface area contributed by atoms with E-state index < -0.39 is 5.69 Å². The van der Waals surface area contributed by atoms with Gasteiger partial charge in [0.1, 0.15) is 5.52 Å². The molecule has 1 fully saturated rings. The molecule has 0 radical (unpaired) electrons. The second-order valence-corrected chi connectivity index (χ2v) is 7.39. The topological polar surface area (TPSA) is 76.3 Å². The molecule has 0 spiro atoms. The summed E-state index contributed by atoms with van der Waals surface area (Å²) in [5.41, 5.74) is 1.35. The lowest BCUT2D eigenvalue weighted by Gasteiger charge is -2.30. The number of carbonyl (C=O) groups excluding carboxylic acids is 1. The van der Waals surface area contributed by atoms with E-state index in [0.29, 0.717) is 35.2 Å². The second-order valence-electron chi connectivity index (χ2n) is 6.99.